The highest BCUT2D eigenvalue weighted by molar-refractivity contribution is 5.55. The lowest BCUT2D eigenvalue weighted by Gasteiger charge is -2.17. The van der Waals surface area contributed by atoms with Crippen molar-refractivity contribution in [2.24, 2.45) is 5.92 Å². The lowest BCUT2D eigenvalue weighted by molar-refractivity contribution is -0.139. The highest BCUT2D eigenvalue weighted by Gasteiger charge is 2.36. The standard InChI is InChI=1S/C19H24F3N3O2/c1-5-13(4)27-17-16(19(20,21)22)10-23-18(25-17)24-14-6-8-15(9-7-14)26-11-12(2)3/h6-10,12-13H,5,11H2,1-4H3,(H,23,24,25). The van der Waals surface area contributed by atoms with Gasteiger partial charge in [0, 0.05) is 11.9 Å². The molecule has 0 saturated heterocycles. The van der Waals surface area contributed by atoms with Gasteiger partial charge in [-0.25, -0.2) is 4.98 Å². The van der Waals surface area contributed by atoms with E-state index in [0.29, 0.717) is 30.4 Å². The number of anilines is 2. The molecule has 5 nitrogen and oxygen atoms in total. The molecule has 148 valence electrons. The molecule has 0 saturated carbocycles. The molecule has 1 aromatic carbocycles. The van der Waals surface area contributed by atoms with Crippen molar-refractivity contribution in [3.8, 4) is 11.6 Å². The maximum atomic E-state index is 13.1. The molecule has 2 aromatic rings. The number of halogens is 3. The number of nitrogens with zero attached hydrogens (tertiary/aromatic N) is 2. The highest BCUT2D eigenvalue weighted by Crippen LogP contribution is 2.36. The van der Waals surface area contributed by atoms with Crippen molar-refractivity contribution in [2.75, 3.05) is 11.9 Å². The summed E-state index contributed by atoms with van der Waals surface area (Å²) in [4.78, 5) is 7.67. The molecule has 0 aliphatic heterocycles. The highest BCUT2D eigenvalue weighted by atomic mass is 19.4. The first-order valence-corrected chi connectivity index (χ1v) is 8.79. The van der Waals surface area contributed by atoms with Gasteiger partial charge >= 0.3 is 6.18 Å². The monoisotopic (exact) mass is 383 g/mol. The summed E-state index contributed by atoms with van der Waals surface area (Å²) in [6.45, 7) is 8.21. The number of benzene rings is 1. The SMILES string of the molecule is CCC(C)Oc1nc(Nc2ccc(OCC(C)C)cc2)ncc1C(F)(F)F. The second kappa shape index (κ2) is 8.92. The first-order valence-electron chi connectivity index (χ1n) is 8.79. The normalized spacial score (nSPS) is 12.7. The Morgan fingerprint density at radius 2 is 1.78 bits per heavy atom. The molecule has 2 rings (SSSR count). The predicted octanol–water partition coefficient (Wildman–Crippen LogP) is 5.45. The molecule has 0 amide bonds. The number of aromatic nitrogens is 2. The number of ether oxygens (including phenoxy) is 2. The fourth-order valence-electron chi connectivity index (χ4n) is 2.01. The van der Waals surface area contributed by atoms with Gasteiger partial charge in [-0.05, 0) is 43.5 Å². The Bertz CT molecular complexity index is 734. The largest absolute Gasteiger partial charge is 0.493 e. The third kappa shape index (κ3) is 6.30. The quantitative estimate of drug-likeness (QED) is 0.657. The van der Waals surface area contributed by atoms with Crippen LogP contribution in [0.4, 0.5) is 24.8 Å². The molecule has 0 spiro atoms. The molecule has 0 bridgehead atoms. The van der Waals surface area contributed by atoms with E-state index in [1.54, 1.807) is 31.2 Å². The zero-order valence-corrected chi connectivity index (χ0v) is 15.8. The number of hydrogen-bond acceptors (Lipinski definition) is 5. The second-order valence-electron chi connectivity index (χ2n) is 6.60. The summed E-state index contributed by atoms with van der Waals surface area (Å²) in [7, 11) is 0. The van der Waals surface area contributed by atoms with Crippen molar-refractivity contribution in [1.82, 2.24) is 9.97 Å². The molecule has 1 aromatic heterocycles. The molecule has 8 heteroatoms. The predicted molar refractivity (Wildman–Crippen MR) is 97.5 cm³/mol. The van der Waals surface area contributed by atoms with Gasteiger partial charge in [-0.1, -0.05) is 20.8 Å². The lowest BCUT2D eigenvalue weighted by Crippen LogP contribution is -2.17. The van der Waals surface area contributed by atoms with E-state index in [0.717, 1.165) is 6.20 Å². The Balaban J connectivity index is 2.17. The number of alkyl halides is 3. The molecule has 27 heavy (non-hydrogen) atoms. The van der Waals surface area contributed by atoms with Crippen LogP contribution in [-0.2, 0) is 6.18 Å². The molecular weight excluding hydrogens is 359 g/mol. The van der Waals surface area contributed by atoms with Crippen LogP contribution in [0, 0.1) is 5.92 Å². The topological polar surface area (TPSA) is 56.3 Å². The van der Waals surface area contributed by atoms with E-state index in [-0.39, 0.29) is 5.95 Å². The molecule has 1 atom stereocenters. The summed E-state index contributed by atoms with van der Waals surface area (Å²) in [5.74, 6) is 0.666. The minimum absolute atomic E-state index is 0.0251. The Labute approximate surface area is 156 Å². The molecular formula is C19H24F3N3O2. The Morgan fingerprint density at radius 3 is 2.33 bits per heavy atom. The average Bonchev–Trinajstić information content (AvgIpc) is 2.60. The maximum absolute atomic E-state index is 13.1. The van der Waals surface area contributed by atoms with Gasteiger partial charge in [0.2, 0.25) is 11.8 Å². The van der Waals surface area contributed by atoms with Crippen molar-refractivity contribution in [2.45, 2.75) is 46.4 Å². The van der Waals surface area contributed by atoms with Gasteiger partial charge in [-0.2, -0.15) is 18.2 Å². The summed E-state index contributed by atoms with van der Waals surface area (Å²) in [6, 6.07) is 7.02. The van der Waals surface area contributed by atoms with Gasteiger partial charge in [0.25, 0.3) is 0 Å². The van der Waals surface area contributed by atoms with Gasteiger partial charge in [0.15, 0.2) is 0 Å². The van der Waals surface area contributed by atoms with Crippen molar-refractivity contribution in [1.29, 1.82) is 0 Å². The van der Waals surface area contributed by atoms with Gasteiger partial charge in [-0.3, -0.25) is 0 Å². The fourth-order valence-corrected chi connectivity index (χ4v) is 2.01. The van der Waals surface area contributed by atoms with E-state index in [1.807, 2.05) is 6.92 Å². The summed E-state index contributed by atoms with van der Waals surface area (Å²) in [5, 5.41) is 2.88. The first-order chi connectivity index (χ1) is 12.7. The summed E-state index contributed by atoms with van der Waals surface area (Å²) in [6.07, 6.45) is -3.70. The summed E-state index contributed by atoms with van der Waals surface area (Å²) in [5.41, 5.74) is -0.369. The Hall–Kier alpha value is -2.51. The zero-order chi connectivity index (χ0) is 20.0. The molecule has 0 fully saturated rings. The van der Waals surface area contributed by atoms with Crippen LogP contribution in [0.3, 0.4) is 0 Å². The van der Waals surface area contributed by atoms with Crippen LogP contribution in [0.2, 0.25) is 0 Å². The van der Waals surface area contributed by atoms with Gasteiger partial charge in [-0.15, -0.1) is 0 Å². The van der Waals surface area contributed by atoms with Crippen molar-refractivity contribution < 1.29 is 22.6 Å². The Kier molecular flexibility index (Phi) is 6.87. The van der Waals surface area contributed by atoms with Crippen molar-refractivity contribution >= 4 is 11.6 Å². The van der Waals surface area contributed by atoms with Crippen LogP contribution < -0.4 is 14.8 Å². The number of rotatable bonds is 8. The van der Waals surface area contributed by atoms with Gasteiger partial charge in [0.1, 0.15) is 11.3 Å². The van der Waals surface area contributed by atoms with E-state index in [4.69, 9.17) is 9.47 Å². The van der Waals surface area contributed by atoms with E-state index in [9.17, 15) is 13.2 Å². The molecule has 1 heterocycles. The third-order valence-corrected chi connectivity index (χ3v) is 3.64. The third-order valence-electron chi connectivity index (χ3n) is 3.64. The molecule has 1 unspecified atom stereocenters. The molecule has 0 aliphatic carbocycles. The van der Waals surface area contributed by atoms with Crippen LogP contribution >= 0.6 is 0 Å². The van der Waals surface area contributed by atoms with E-state index in [2.05, 4.69) is 29.1 Å². The second-order valence-corrected chi connectivity index (χ2v) is 6.60. The van der Waals surface area contributed by atoms with E-state index < -0.39 is 23.7 Å². The molecule has 0 radical (unpaired) electrons. The van der Waals surface area contributed by atoms with Gasteiger partial charge in [0.05, 0.1) is 12.7 Å². The van der Waals surface area contributed by atoms with E-state index >= 15 is 0 Å². The van der Waals surface area contributed by atoms with Crippen LogP contribution in [0.25, 0.3) is 0 Å². The minimum Gasteiger partial charge on any atom is -0.493 e. The van der Waals surface area contributed by atoms with E-state index in [1.165, 1.54) is 0 Å². The smallest absolute Gasteiger partial charge is 0.423 e. The molecule has 1 N–H and O–H groups in total. The van der Waals surface area contributed by atoms with Crippen LogP contribution in [-0.4, -0.2) is 22.7 Å². The fraction of sp³-hybridized carbons (Fsp3) is 0.474. The summed E-state index contributed by atoms with van der Waals surface area (Å²) < 4.78 is 50.4. The van der Waals surface area contributed by atoms with Crippen LogP contribution in [0.15, 0.2) is 30.5 Å². The average molecular weight is 383 g/mol. The number of hydrogen-bond donors (Lipinski definition) is 1. The van der Waals surface area contributed by atoms with Crippen LogP contribution in [0.5, 0.6) is 11.6 Å². The summed E-state index contributed by atoms with van der Waals surface area (Å²) >= 11 is 0. The van der Waals surface area contributed by atoms with Gasteiger partial charge < -0.3 is 14.8 Å². The van der Waals surface area contributed by atoms with Crippen molar-refractivity contribution in [3.63, 3.8) is 0 Å². The maximum Gasteiger partial charge on any atom is 0.423 e. The van der Waals surface area contributed by atoms with Crippen LogP contribution in [0.1, 0.15) is 39.7 Å². The Morgan fingerprint density at radius 1 is 1.11 bits per heavy atom. The van der Waals surface area contributed by atoms with Crippen molar-refractivity contribution in [3.05, 3.63) is 36.0 Å². The lowest BCUT2D eigenvalue weighted by atomic mass is 10.2. The number of nitrogens with one attached hydrogen (secondary N) is 1. The first kappa shape index (κ1) is 20.8. The minimum atomic E-state index is -4.59. The molecule has 0 aliphatic rings. The zero-order valence-electron chi connectivity index (χ0n) is 15.8.